The third kappa shape index (κ3) is 4.35. The number of amides is 1. The Hall–Kier alpha value is -3.46. The highest BCUT2D eigenvalue weighted by Gasteiger charge is 2.58. The van der Waals surface area contributed by atoms with Gasteiger partial charge < -0.3 is 24.8 Å². The van der Waals surface area contributed by atoms with Crippen LogP contribution in [0, 0.1) is 5.92 Å². The van der Waals surface area contributed by atoms with E-state index in [1.807, 2.05) is 0 Å². The van der Waals surface area contributed by atoms with Crippen LogP contribution in [0.5, 0.6) is 0 Å². The molecule has 0 unspecified atom stereocenters. The zero-order valence-corrected chi connectivity index (χ0v) is 19.5. The number of nitrogens with zero attached hydrogens (tertiary/aromatic N) is 4. The number of hydrogen-bond donors (Lipinski definition) is 3. The molecule has 1 saturated heterocycles. The van der Waals surface area contributed by atoms with Gasteiger partial charge in [0.15, 0.2) is 29.6 Å². The molecule has 4 aliphatic rings. The number of halogens is 4. The van der Waals surface area contributed by atoms with Crippen LogP contribution in [-0.2, 0) is 27.0 Å². The SMILES string of the molecule is COCc1cc2c(Nc3cc([C@H]4OC[C@@H](OC(=O)NC56CC(C5)C6)[C@H]4F)[nH]n3)nc(C(F)(F)F)cn2n1. The number of carbonyl (C=O) groups excluding carboxylic acids is 1. The summed E-state index contributed by atoms with van der Waals surface area (Å²) in [4.78, 5) is 15.9. The zero-order valence-electron chi connectivity index (χ0n) is 19.5. The molecule has 3 aliphatic carbocycles. The first kappa shape index (κ1) is 23.9. The van der Waals surface area contributed by atoms with Crippen LogP contribution in [0.2, 0.25) is 0 Å². The van der Waals surface area contributed by atoms with Crippen molar-refractivity contribution < 1.29 is 36.6 Å². The van der Waals surface area contributed by atoms with Gasteiger partial charge in [-0.25, -0.2) is 18.7 Å². The van der Waals surface area contributed by atoms with Gasteiger partial charge in [-0.05, 0) is 31.2 Å². The van der Waals surface area contributed by atoms with E-state index in [1.54, 1.807) is 0 Å². The number of rotatable bonds is 7. The summed E-state index contributed by atoms with van der Waals surface area (Å²) in [5, 5.41) is 16.3. The molecular weight excluding hydrogens is 502 g/mol. The molecule has 3 saturated carbocycles. The lowest BCUT2D eigenvalue weighted by molar-refractivity contribution is -0.141. The minimum Gasteiger partial charge on any atom is -0.441 e. The average molecular weight is 525 g/mol. The maximum absolute atomic E-state index is 15.1. The van der Waals surface area contributed by atoms with E-state index in [4.69, 9.17) is 14.2 Å². The quantitative estimate of drug-likeness (QED) is 0.401. The molecule has 4 fully saturated rings. The van der Waals surface area contributed by atoms with E-state index >= 15 is 4.39 Å². The summed E-state index contributed by atoms with van der Waals surface area (Å²) in [7, 11) is 1.44. The number of ether oxygens (including phenoxy) is 3. The number of hydrogen-bond acceptors (Lipinski definition) is 8. The third-order valence-corrected chi connectivity index (χ3v) is 6.99. The molecular formula is C22H23F4N7O4. The number of aromatic nitrogens is 5. The van der Waals surface area contributed by atoms with Gasteiger partial charge >= 0.3 is 12.3 Å². The monoisotopic (exact) mass is 525 g/mol. The third-order valence-electron chi connectivity index (χ3n) is 6.99. The molecule has 0 aromatic carbocycles. The summed E-state index contributed by atoms with van der Waals surface area (Å²) in [6.45, 7) is -0.0563. The Labute approximate surface area is 206 Å². The van der Waals surface area contributed by atoms with Crippen LogP contribution in [0.15, 0.2) is 18.3 Å². The second-order valence-corrected chi connectivity index (χ2v) is 9.73. The van der Waals surface area contributed by atoms with E-state index in [0.29, 0.717) is 11.6 Å². The fraction of sp³-hybridized carbons (Fsp3) is 0.545. The first-order chi connectivity index (χ1) is 17.6. The van der Waals surface area contributed by atoms with Gasteiger partial charge in [-0.1, -0.05) is 0 Å². The lowest BCUT2D eigenvalue weighted by Crippen LogP contribution is -2.68. The molecule has 2 bridgehead atoms. The zero-order chi connectivity index (χ0) is 25.9. The van der Waals surface area contributed by atoms with E-state index in [1.165, 1.54) is 19.2 Å². The summed E-state index contributed by atoms with van der Waals surface area (Å²) in [5.74, 6) is 0.596. The van der Waals surface area contributed by atoms with Gasteiger partial charge in [0.1, 0.15) is 11.6 Å². The summed E-state index contributed by atoms with van der Waals surface area (Å²) in [6.07, 6.45) is -5.71. The highest BCUT2D eigenvalue weighted by molar-refractivity contribution is 5.73. The van der Waals surface area contributed by atoms with Crippen molar-refractivity contribution in [1.82, 2.24) is 30.1 Å². The number of aromatic amines is 1. The summed E-state index contributed by atoms with van der Waals surface area (Å²) < 4.78 is 72.1. The topological polar surface area (TPSA) is 128 Å². The smallest absolute Gasteiger partial charge is 0.434 e. The first-order valence-electron chi connectivity index (χ1n) is 11.6. The van der Waals surface area contributed by atoms with Gasteiger partial charge in [0.2, 0.25) is 0 Å². The Morgan fingerprint density at radius 2 is 2.11 bits per heavy atom. The van der Waals surface area contributed by atoms with Crippen molar-refractivity contribution in [2.75, 3.05) is 19.0 Å². The summed E-state index contributed by atoms with van der Waals surface area (Å²) in [5.41, 5.74) is -0.478. The largest absolute Gasteiger partial charge is 0.441 e. The van der Waals surface area contributed by atoms with Gasteiger partial charge in [-0.3, -0.25) is 5.10 Å². The molecule has 1 aliphatic heterocycles. The van der Waals surface area contributed by atoms with Crippen molar-refractivity contribution in [1.29, 1.82) is 0 Å². The van der Waals surface area contributed by atoms with Gasteiger partial charge in [0, 0.05) is 18.7 Å². The molecule has 3 aromatic heterocycles. The van der Waals surface area contributed by atoms with Crippen molar-refractivity contribution in [2.24, 2.45) is 5.92 Å². The van der Waals surface area contributed by atoms with E-state index in [9.17, 15) is 18.0 Å². The van der Waals surface area contributed by atoms with Crippen LogP contribution in [0.3, 0.4) is 0 Å². The normalized spacial score (nSPS) is 28.6. The van der Waals surface area contributed by atoms with Crippen molar-refractivity contribution in [3.8, 4) is 0 Å². The standard InChI is InChI=1S/C22H23F4N7O4/c1-35-8-11-2-13-19(27-15(22(24,25)26)7-33(13)32-11)28-16-3-12(30-31-16)18-17(23)14(9-36-18)37-20(34)29-21-4-10(5-21)6-21/h2-3,7,10,14,17-18H,4-6,8-9H2,1H3,(H,29,34)(H2,27,28,30,31)/t10?,14-,17-,18-,21?/m1/s1. The summed E-state index contributed by atoms with van der Waals surface area (Å²) >= 11 is 0. The molecule has 1 amide bonds. The number of anilines is 2. The van der Waals surface area contributed by atoms with Crippen molar-refractivity contribution in [3.63, 3.8) is 0 Å². The van der Waals surface area contributed by atoms with E-state index in [0.717, 1.165) is 30.0 Å². The maximum atomic E-state index is 15.1. The van der Waals surface area contributed by atoms with Gasteiger partial charge in [0.05, 0.1) is 30.8 Å². The van der Waals surface area contributed by atoms with Crippen LogP contribution >= 0.6 is 0 Å². The molecule has 7 rings (SSSR count). The van der Waals surface area contributed by atoms with Crippen LogP contribution in [0.4, 0.5) is 34.0 Å². The lowest BCUT2D eigenvalue weighted by Gasteiger charge is -2.61. The molecule has 0 radical (unpaired) electrons. The summed E-state index contributed by atoms with van der Waals surface area (Å²) in [6, 6.07) is 2.93. The Morgan fingerprint density at radius 1 is 1.32 bits per heavy atom. The molecule has 3 aromatic rings. The van der Waals surface area contributed by atoms with E-state index in [-0.39, 0.29) is 41.6 Å². The second-order valence-electron chi connectivity index (χ2n) is 9.73. The number of carbonyl (C=O) groups is 1. The molecule has 11 nitrogen and oxygen atoms in total. The van der Waals surface area contributed by atoms with Crippen molar-refractivity contribution in [2.45, 2.75) is 56.0 Å². The Bertz CT molecular complexity index is 1330. The lowest BCUT2D eigenvalue weighted by atomic mass is 9.50. The number of alkyl halides is 4. The average Bonchev–Trinajstić information content (AvgIpc) is 3.49. The Kier molecular flexibility index (Phi) is 5.52. The van der Waals surface area contributed by atoms with E-state index in [2.05, 4.69) is 30.9 Å². The molecule has 4 heterocycles. The Balaban J connectivity index is 1.16. The van der Waals surface area contributed by atoms with Gasteiger partial charge in [-0.2, -0.15) is 23.4 Å². The Morgan fingerprint density at radius 3 is 2.78 bits per heavy atom. The molecule has 3 N–H and O–H groups in total. The molecule has 3 atom stereocenters. The molecule has 15 heteroatoms. The highest BCUT2D eigenvalue weighted by Crippen LogP contribution is 2.57. The second kappa shape index (κ2) is 8.55. The van der Waals surface area contributed by atoms with Crippen LogP contribution in [-0.4, -0.2) is 62.4 Å². The minimum atomic E-state index is -4.71. The maximum Gasteiger partial charge on any atom is 0.434 e. The predicted octanol–water partition coefficient (Wildman–Crippen LogP) is 3.42. The number of fused-ring (bicyclic) bond motifs is 1. The number of H-pyrrole nitrogens is 1. The fourth-order valence-corrected chi connectivity index (χ4v) is 5.11. The number of nitrogens with one attached hydrogen (secondary N) is 3. The number of methoxy groups -OCH3 is 1. The first-order valence-corrected chi connectivity index (χ1v) is 11.6. The highest BCUT2D eigenvalue weighted by atomic mass is 19.4. The van der Waals surface area contributed by atoms with Crippen molar-refractivity contribution >= 4 is 23.2 Å². The predicted molar refractivity (Wildman–Crippen MR) is 118 cm³/mol. The minimum absolute atomic E-state index is 0.0831. The van der Waals surface area contributed by atoms with Gasteiger partial charge in [-0.15, -0.1) is 0 Å². The van der Waals surface area contributed by atoms with Crippen LogP contribution < -0.4 is 10.6 Å². The number of alkyl carbamates (subject to hydrolysis) is 1. The van der Waals surface area contributed by atoms with Gasteiger partial charge in [0.25, 0.3) is 0 Å². The fourth-order valence-electron chi connectivity index (χ4n) is 5.11. The molecule has 37 heavy (non-hydrogen) atoms. The van der Waals surface area contributed by atoms with Crippen molar-refractivity contribution in [3.05, 3.63) is 35.4 Å². The van der Waals surface area contributed by atoms with Crippen LogP contribution in [0.25, 0.3) is 5.52 Å². The molecule has 0 spiro atoms. The van der Waals surface area contributed by atoms with Crippen LogP contribution in [0.1, 0.15) is 42.4 Å². The van der Waals surface area contributed by atoms with E-state index < -0.39 is 36.3 Å². The molecule has 198 valence electrons.